The van der Waals surface area contributed by atoms with Crippen LogP contribution in [0.5, 0.6) is 0 Å². The Hall–Kier alpha value is -1.42. The van der Waals surface area contributed by atoms with E-state index in [0.29, 0.717) is 0 Å². The zero-order chi connectivity index (χ0) is 15.2. The molecule has 0 radical (unpaired) electrons. The van der Waals surface area contributed by atoms with Gasteiger partial charge in [-0.05, 0) is 40.8 Å². The Morgan fingerprint density at radius 3 is 2.48 bits per heavy atom. The number of hydrogen-bond donors (Lipinski definition) is 1. The summed E-state index contributed by atoms with van der Waals surface area (Å²) in [7, 11) is 0. The number of rotatable bonds is 6. The highest BCUT2D eigenvalue weighted by Crippen LogP contribution is 2.29. The summed E-state index contributed by atoms with van der Waals surface area (Å²) < 4.78 is 0.983. The van der Waals surface area contributed by atoms with E-state index < -0.39 is 0 Å². The van der Waals surface area contributed by atoms with Gasteiger partial charge in [0, 0.05) is 12.1 Å². The fourth-order valence-electron chi connectivity index (χ4n) is 2.26. The minimum Gasteiger partial charge on any atom is -0.369 e. The van der Waals surface area contributed by atoms with Crippen LogP contribution in [0.2, 0.25) is 0 Å². The molecule has 2 rings (SSSR count). The fraction of sp³-hybridized carbons (Fsp3) is 0.412. The molecule has 4 heteroatoms. The van der Waals surface area contributed by atoms with Crippen LogP contribution in [0.25, 0.3) is 11.4 Å². The number of nitrogens with zero attached hydrogens (tertiary/aromatic N) is 2. The molecule has 21 heavy (non-hydrogen) atoms. The summed E-state index contributed by atoms with van der Waals surface area (Å²) in [6.07, 6.45) is 2.93. The van der Waals surface area contributed by atoms with Crippen molar-refractivity contribution in [3.05, 3.63) is 40.0 Å². The molecule has 1 heterocycles. The average molecular weight is 348 g/mol. The molecule has 2 aromatic rings. The first-order valence-electron chi connectivity index (χ1n) is 7.59. The van der Waals surface area contributed by atoms with Gasteiger partial charge in [-0.1, -0.05) is 45.0 Å². The van der Waals surface area contributed by atoms with Crippen molar-refractivity contribution in [2.45, 2.75) is 40.0 Å². The van der Waals surface area contributed by atoms with Gasteiger partial charge in [0.2, 0.25) is 0 Å². The van der Waals surface area contributed by atoms with Gasteiger partial charge in [-0.3, -0.25) is 0 Å². The minimum atomic E-state index is 0.811. The second-order valence-corrected chi connectivity index (χ2v) is 5.74. The van der Waals surface area contributed by atoms with E-state index in [1.54, 1.807) is 0 Å². The molecule has 0 fully saturated rings. The first-order valence-corrected chi connectivity index (χ1v) is 8.39. The highest BCUT2D eigenvalue weighted by Gasteiger charge is 2.13. The summed E-state index contributed by atoms with van der Waals surface area (Å²) in [5, 5.41) is 3.39. The van der Waals surface area contributed by atoms with E-state index in [2.05, 4.69) is 60.2 Å². The topological polar surface area (TPSA) is 37.8 Å². The van der Waals surface area contributed by atoms with Crippen LogP contribution in [0.1, 0.15) is 38.4 Å². The molecular weight excluding hydrogens is 326 g/mol. The molecule has 1 aromatic heterocycles. The van der Waals surface area contributed by atoms with E-state index >= 15 is 0 Å². The number of aromatic nitrogens is 2. The summed E-state index contributed by atoms with van der Waals surface area (Å²) >= 11 is 3.63. The predicted octanol–water partition coefficient (Wildman–Crippen LogP) is 4.85. The van der Waals surface area contributed by atoms with Gasteiger partial charge in [0.15, 0.2) is 5.82 Å². The van der Waals surface area contributed by atoms with E-state index in [9.17, 15) is 0 Å². The standard InChI is InChI=1S/C17H22BrN3/c1-4-11-19-17-15(18)14(6-3)20-16(21-17)13-10-8-7-9-12(13)5-2/h7-10H,4-6,11H2,1-3H3,(H,19,20,21). The van der Waals surface area contributed by atoms with Gasteiger partial charge in [-0.15, -0.1) is 0 Å². The predicted molar refractivity (Wildman–Crippen MR) is 92.7 cm³/mol. The maximum atomic E-state index is 4.74. The molecule has 0 unspecified atom stereocenters. The van der Waals surface area contributed by atoms with Crippen molar-refractivity contribution >= 4 is 21.7 Å². The normalized spacial score (nSPS) is 10.7. The molecule has 0 saturated heterocycles. The Labute approximate surface area is 135 Å². The molecule has 112 valence electrons. The first kappa shape index (κ1) is 16.0. The lowest BCUT2D eigenvalue weighted by Crippen LogP contribution is -2.07. The van der Waals surface area contributed by atoms with Gasteiger partial charge in [0.05, 0.1) is 10.2 Å². The zero-order valence-corrected chi connectivity index (χ0v) is 14.5. The highest BCUT2D eigenvalue weighted by molar-refractivity contribution is 9.10. The van der Waals surface area contributed by atoms with Gasteiger partial charge >= 0.3 is 0 Å². The summed E-state index contributed by atoms with van der Waals surface area (Å²) in [4.78, 5) is 9.47. The maximum absolute atomic E-state index is 4.74. The molecule has 0 aliphatic heterocycles. The molecule has 0 saturated carbocycles. The lowest BCUT2D eigenvalue weighted by atomic mass is 10.0. The Kier molecular flexibility index (Phi) is 5.74. The largest absolute Gasteiger partial charge is 0.369 e. The van der Waals surface area contributed by atoms with E-state index in [4.69, 9.17) is 9.97 Å². The Morgan fingerprint density at radius 2 is 1.81 bits per heavy atom. The molecule has 3 nitrogen and oxygen atoms in total. The van der Waals surface area contributed by atoms with Gasteiger partial charge in [-0.2, -0.15) is 0 Å². The van der Waals surface area contributed by atoms with Crippen LogP contribution >= 0.6 is 15.9 Å². The van der Waals surface area contributed by atoms with Gasteiger partial charge in [-0.25, -0.2) is 9.97 Å². The first-order chi connectivity index (χ1) is 10.2. The molecule has 0 spiro atoms. The monoisotopic (exact) mass is 347 g/mol. The van der Waals surface area contributed by atoms with Crippen molar-refractivity contribution in [2.75, 3.05) is 11.9 Å². The molecule has 1 aromatic carbocycles. The number of nitrogens with one attached hydrogen (secondary N) is 1. The van der Waals surface area contributed by atoms with Gasteiger partial charge < -0.3 is 5.32 Å². The average Bonchev–Trinajstić information content (AvgIpc) is 2.53. The SMILES string of the molecule is CCCNc1nc(-c2ccccc2CC)nc(CC)c1Br. The van der Waals surface area contributed by atoms with Crippen LogP contribution in [0.4, 0.5) is 5.82 Å². The quantitative estimate of drug-likeness (QED) is 0.811. The Bertz CT molecular complexity index is 611. The van der Waals surface area contributed by atoms with Crippen LogP contribution in [0.3, 0.4) is 0 Å². The molecule has 0 atom stereocenters. The minimum absolute atomic E-state index is 0.811. The van der Waals surface area contributed by atoms with Crippen LogP contribution in [-0.4, -0.2) is 16.5 Å². The van der Waals surface area contributed by atoms with Gasteiger partial charge in [0.25, 0.3) is 0 Å². The van der Waals surface area contributed by atoms with E-state index in [0.717, 1.165) is 53.2 Å². The lowest BCUT2D eigenvalue weighted by molar-refractivity contribution is 0.942. The van der Waals surface area contributed by atoms with Crippen molar-refractivity contribution in [2.24, 2.45) is 0 Å². The summed E-state index contributed by atoms with van der Waals surface area (Å²) in [5.74, 6) is 1.70. The van der Waals surface area contributed by atoms with Crippen LogP contribution < -0.4 is 5.32 Å². The molecule has 0 bridgehead atoms. The summed E-state index contributed by atoms with van der Waals surface area (Å²) in [5.41, 5.74) is 3.45. The molecule has 0 aliphatic rings. The third-order valence-corrected chi connectivity index (χ3v) is 4.27. The van der Waals surface area contributed by atoms with Crippen molar-refractivity contribution < 1.29 is 0 Å². The van der Waals surface area contributed by atoms with E-state index in [-0.39, 0.29) is 0 Å². The number of anilines is 1. The molecule has 0 amide bonds. The summed E-state index contributed by atoms with van der Waals surface area (Å²) in [6.45, 7) is 7.34. The van der Waals surface area contributed by atoms with Crippen molar-refractivity contribution in [3.8, 4) is 11.4 Å². The smallest absolute Gasteiger partial charge is 0.162 e. The third-order valence-electron chi connectivity index (χ3n) is 3.44. The van der Waals surface area contributed by atoms with Gasteiger partial charge in [0.1, 0.15) is 5.82 Å². The van der Waals surface area contributed by atoms with Crippen molar-refractivity contribution in [1.82, 2.24) is 9.97 Å². The molecule has 1 N–H and O–H groups in total. The molecular formula is C17H22BrN3. The van der Waals surface area contributed by atoms with Crippen molar-refractivity contribution in [3.63, 3.8) is 0 Å². The second kappa shape index (κ2) is 7.55. The Morgan fingerprint density at radius 1 is 1.05 bits per heavy atom. The van der Waals surface area contributed by atoms with Crippen LogP contribution in [0, 0.1) is 0 Å². The molecule has 0 aliphatic carbocycles. The number of hydrogen-bond acceptors (Lipinski definition) is 3. The van der Waals surface area contributed by atoms with Crippen LogP contribution in [0.15, 0.2) is 28.7 Å². The van der Waals surface area contributed by atoms with Crippen molar-refractivity contribution in [1.29, 1.82) is 0 Å². The van der Waals surface area contributed by atoms with E-state index in [1.165, 1.54) is 5.56 Å². The zero-order valence-electron chi connectivity index (χ0n) is 12.9. The summed E-state index contributed by atoms with van der Waals surface area (Å²) in [6, 6.07) is 8.36. The number of benzene rings is 1. The lowest BCUT2D eigenvalue weighted by Gasteiger charge is -2.13. The van der Waals surface area contributed by atoms with E-state index in [1.807, 2.05) is 6.07 Å². The second-order valence-electron chi connectivity index (χ2n) is 4.95. The maximum Gasteiger partial charge on any atom is 0.162 e. The number of halogens is 1. The third kappa shape index (κ3) is 3.62. The van der Waals surface area contributed by atoms with Crippen LogP contribution in [-0.2, 0) is 12.8 Å². The highest BCUT2D eigenvalue weighted by atomic mass is 79.9. The Balaban J connectivity index is 2.53. The number of aryl methyl sites for hydroxylation is 2. The fourth-order valence-corrected chi connectivity index (χ4v) is 2.85.